The summed E-state index contributed by atoms with van der Waals surface area (Å²) in [6.45, 7) is 6.63. The predicted octanol–water partition coefficient (Wildman–Crippen LogP) is 4.91. The normalized spacial score (nSPS) is 10.8. The third kappa shape index (κ3) is 4.71. The number of rotatable bonds is 6. The lowest BCUT2D eigenvalue weighted by molar-refractivity contribution is 0.102. The minimum atomic E-state index is -0.297. The van der Waals surface area contributed by atoms with Crippen molar-refractivity contribution in [3.63, 3.8) is 0 Å². The van der Waals surface area contributed by atoms with Gasteiger partial charge in [0.2, 0.25) is 0 Å². The zero-order valence-corrected chi connectivity index (χ0v) is 16.2. The average molecular weight is 378 g/mol. The molecule has 0 aliphatic heterocycles. The quantitative estimate of drug-likeness (QED) is 0.639. The Kier molecular flexibility index (Phi) is 5.99. The molecule has 2 N–H and O–H groups in total. The highest BCUT2D eigenvalue weighted by Crippen LogP contribution is 2.27. The monoisotopic (exact) mass is 378 g/mol. The zero-order valence-electron chi connectivity index (χ0n) is 16.2. The first kappa shape index (κ1) is 19.5. The summed E-state index contributed by atoms with van der Waals surface area (Å²) in [7, 11) is 0. The first-order valence-electron chi connectivity index (χ1n) is 9.15. The van der Waals surface area contributed by atoms with Crippen LogP contribution in [0.1, 0.15) is 46.9 Å². The fourth-order valence-electron chi connectivity index (χ4n) is 2.85. The highest BCUT2D eigenvalue weighted by atomic mass is 19.1. The van der Waals surface area contributed by atoms with Gasteiger partial charge in [0.05, 0.1) is 12.4 Å². The Bertz CT molecular complexity index is 953. The van der Waals surface area contributed by atoms with E-state index in [0.29, 0.717) is 18.3 Å². The molecule has 0 atom stereocenters. The van der Waals surface area contributed by atoms with Crippen LogP contribution in [0.15, 0.2) is 54.9 Å². The van der Waals surface area contributed by atoms with Crippen LogP contribution in [0, 0.1) is 12.7 Å². The molecule has 0 aliphatic rings. The Morgan fingerprint density at radius 1 is 1.07 bits per heavy atom. The molecule has 3 aromatic rings. The number of carbonyl (C=O) groups excluding carboxylic acids is 1. The number of nitrogens with zero attached hydrogens (tertiary/aromatic N) is 2. The maximum Gasteiger partial charge on any atom is 0.275 e. The Morgan fingerprint density at radius 3 is 2.46 bits per heavy atom. The minimum Gasteiger partial charge on any atom is -0.365 e. The van der Waals surface area contributed by atoms with Crippen molar-refractivity contribution in [2.75, 3.05) is 10.6 Å². The van der Waals surface area contributed by atoms with E-state index in [1.165, 1.54) is 24.5 Å². The Labute approximate surface area is 164 Å². The fraction of sp³-hybridized carbons (Fsp3) is 0.227. The van der Waals surface area contributed by atoms with Gasteiger partial charge in [0.25, 0.3) is 5.91 Å². The van der Waals surface area contributed by atoms with Crippen LogP contribution in [0.3, 0.4) is 0 Å². The van der Waals surface area contributed by atoms with Crippen LogP contribution in [0.2, 0.25) is 0 Å². The van der Waals surface area contributed by atoms with Crippen LogP contribution in [-0.2, 0) is 6.54 Å². The molecule has 0 saturated heterocycles. The summed E-state index contributed by atoms with van der Waals surface area (Å²) in [5.74, 6) is 0.265. The molecule has 5 nitrogen and oxygen atoms in total. The summed E-state index contributed by atoms with van der Waals surface area (Å²) in [5.41, 5.74) is 4.07. The van der Waals surface area contributed by atoms with Gasteiger partial charge in [-0.05, 0) is 41.7 Å². The molecular weight excluding hydrogens is 355 g/mol. The smallest absolute Gasteiger partial charge is 0.275 e. The third-order valence-corrected chi connectivity index (χ3v) is 4.44. The summed E-state index contributed by atoms with van der Waals surface area (Å²) in [4.78, 5) is 21.0. The molecule has 0 radical (unpaired) electrons. The van der Waals surface area contributed by atoms with Crippen molar-refractivity contribution in [3.05, 3.63) is 83.1 Å². The van der Waals surface area contributed by atoms with Crippen LogP contribution >= 0.6 is 0 Å². The lowest BCUT2D eigenvalue weighted by Gasteiger charge is -2.16. The van der Waals surface area contributed by atoms with Crippen LogP contribution in [-0.4, -0.2) is 15.9 Å². The second kappa shape index (κ2) is 8.61. The Balaban J connectivity index is 1.66. The van der Waals surface area contributed by atoms with Crippen LogP contribution in [0.4, 0.5) is 15.9 Å². The lowest BCUT2D eigenvalue weighted by Crippen LogP contribution is -2.17. The number of aryl methyl sites for hydroxylation is 1. The van der Waals surface area contributed by atoms with Gasteiger partial charge in [-0.25, -0.2) is 14.4 Å². The first-order chi connectivity index (χ1) is 13.4. The van der Waals surface area contributed by atoms with Gasteiger partial charge in [-0.3, -0.25) is 4.79 Å². The molecule has 0 unspecified atom stereocenters. The van der Waals surface area contributed by atoms with Crippen molar-refractivity contribution in [2.45, 2.75) is 33.2 Å². The standard InChI is InChI=1S/C22H23FN4O/c1-14(2)18-6-4-5-15(3)21(18)27-22(28)19-12-26-20(13-24-19)25-11-16-7-9-17(23)10-8-16/h4-10,12-14H,11H2,1-3H3,(H,25,26)(H,27,28). The van der Waals surface area contributed by atoms with Gasteiger partial charge in [-0.15, -0.1) is 0 Å². The van der Waals surface area contributed by atoms with E-state index < -0.39 is 0 Å². The number of benzene rings is 2. The maximum atomic E-state index is 12.9. The Morgan fingerprint density at radius 2 is 1.82 bits per heavy atom. The predicted molar refractivity (Wildman–Crippen MR) is 109 cm³/mol. The largest absolute Gasteiger partial charge is 0.365 e. The van der Waals surface area contributed by atoms with E-state index >= 15 is 0 Å². The number of halogens is 1. The van der Waals surface area contributed by atoms with E-state index in [2.05, 4.69) is 34.4 Å². The SMILES string of the molecule is Cc1cccc(C(C)C)c1NC(=O)c1cnc(NCc2ccc(F)cc2)cn1. The lowest BCUT2D eigenvalue weighted by atomic mass is 9.98. The van der Waals surface area contributed by atoms with Gasteiger partial charge in [-0.1, -0.05) is 44.2 Å². The Hall–Kier alpha value is -3.28. The number of para-hydroxylation sites is 1. The molecule has 1 amide bonds. The molecule has 0 aliphatic carbocycles. The highest BCUT2D eigenvalue weighted by molar-refractivity contribution is 6.03. The molecule has 2 aromatic carbocycles. The summed E-state index contributed by atoms with van der Waals surface area (Å²) >= 11 is 0. The van der Waals surface area contributed by atoms with Gasteiger partial charge in [0.1, 0.15) is 17.3 Å². The molecule has 144 valence electrons. The number of carbonyl (C=O) groups is 1. The second-order valence-electron chi connectivity index (χ2n) is 6.91. The number of nitrogens with one attached hydrogen (secondary N) is 2. The minimum absolute atomic E-state index is 0.241. The van der Waals surface area contributed by atoms with E-state index in [0.717, 1.165) is 22.4 Å². The van der Waals surface area contributed by atoms with Gasteiger partial charge >= 0.3 is 0 Å². The van der Waals surface area contributed by atoms with Crippen LogP contribution in [0.5, 0.6) is 0 Å². The molecule has 28 heavy (non-hydrogen) atoms. The van der Waals surface area contributed by atoms with Crippen molar-refractivity contribution >= 4 is 17.4 Å². The van der Waals surface area contributed by atoms with E-state index in [9.17, 15) is 9.18 Å². The molecule has 1 aromatic heterocycles. The maximum absolute atomic E-state index is 12.9. The van der Waals surface area contributed by atoms with E-state index in [-0.39, 0.29) is 17.4 Å². The summed E-state index contributed by atoms with van der Waals surface area (Å²) in [6, 6.07) is 12.2. The van der Waals surface area contributed by atoms with Gasteiger partial charge in [0.15, 0.2) is 0 Å². The molecular formula is C22H23FN4O. The topological polar surface area (TPSA) is 66.9 Å². The highest BCUT2D eigenvalue weighted by Gasteiger charge is 2.14. The molecule has 0 bridgehead atoms. The van der Waals surface area contributed by atoms with Crippen LogP contribution < -0.4 is 10.6 Å². The van der Waals surface area contributed by atoms with Crippen LogP contribution in [0.25, 0.3) is 0 Å². The second-order valence-corrected chi connectivity index (χ2v) is 6.91. The molecule has 0 fully saturated rings. The number of aromatic nitrogens is 2. The van der Waals surface area contributed by atoms with Gasteiger partial charge in [-0.2, -0.15) is 0 Å². The number of anilines is 2. The first-order valence-corrected chi connectivity index (χ1v) is 9.15. The van der Waals surface area contributed by atoms with Gasteiger partial charge in [0, 0.05) is 12.2 Å². The van der Waals surface area contributed by atoms with Gasteiger partial charge < -0.3 is 10.6 Å². The van der Waals surface area contributed by atoms with Crippen molar-refractivity contribution < 1.29 is 9.18 Å². The van der Waals surface area contributed by atoms with Crippen molar-refractivity contribution in [1.29, 1.82) is 0 Å². The number of hydrogen-bond acceptors (Lipinski definition) is 4. The third-order valence-electron chi connectivity index (χ3n) is 4.44. The molecule has 0 spiro atoms. The van der Waals surface area contributed by atoms with Crippen molar-refractivity contribution in [1.82, 2.24) is 9.97 Å². The number of amides is 1. The van der Waals surface area contributed by atoms with Crippen molar-refractivity contribution in [2.24, 2.45) is 0 Å². The fourth-order valence-corrected chi connectivity index (χ4v) is 2.85. The summed E-state index contributed by atoms with van der Waals surface area (Å²) in [6.07, 6.45) is 2.95. The summed E-state index contributed by atoms with van der Waals surface area (Å²) < 4.78 is 12.9. The van der Waals surface area contributed by atoms with E-state index in [1.807, 2.05) is 25.1 Å². The summed E-state index contributed by atoms with van der Waals surface area (Å²) in [5, 5.41) is 6.06. The molecule has 0 saturated carbocycles. The van der Waals surface area contributed by atoms with E-state index in [4.69, 9.17) is 0 Å². The van der Waals surface area contributed by atoms with Crippen molar-refractivity contribution in [3.8, 4) is 0 Å². The molecule has 6 heteroatoms. The number of hydrogen-bond donors (Lipinski definition) is 2. The zero-order chi connectivity index (χ0) is 20.1. The molecule has 3 rings (SSSR count). The van der Waals surface area contributed by atoms with E-state index in [1.54, 1.807) is 12.1 Å². The molecule has 1 heterocycles. The average Bonchev–Trinajstić information content (AvgIpc) is 2.69.